The Hall–Kier alpha value is -2.69. The van der Waals surface area contributed by atoms with E-state index in [0.717, 1.165) is 40.8 Å². The summed E-state index contributed by atoms with van der Waals surface area (Å²) in [7, 11) is 0. The number of pyridine rings is 2. The molecule has 0 saturated heterocycles. The van der Waals surface area contributed by atoms with Gasteiger partial charge in [0.2, 0.25) is 5.91 Å². The maximum atomic E-state index is 12.5. The summed E-state index contributed by atoms with van der Waals surface area (Å²) < 4.78 is 2.15. The van der Waals surface area contributed by atoms with E-state index in [1.54, 1.807) is 6.20 Å². The van der Waals surface area contributed by atoms with Crippen molar-refractivity contribution >= 4 is 16.9 Å². The van der Waals surface area contributed by atoms with Gasteiger partial charge < -0.3 is 9.88 Å². The second-order valence-electron chi connectivity index (χ2n) is 7.39. The molecule has 1 aliphatic carbocycles. The molecule has 0 aromatic carbocycles. The summed E-state index contributed by atoms with van der Waals surface area (Å²) in [6, 6.07) is 10.5. The second-order valence-corrected chi connectivity index (χ2v) is 7.39. The molecule has 0 radical (unpaired) electrons. The molecule has 27 heavy (non-hydrogen) atoms. The van der Waals surface area contributed by atoms with Gasteiger partial charge in [-0.15, -0.1) is 0 Å². The van der Waals surface area contributed by atoms with Crippen molar-refractivity contribution in [1.82, 2.24) is 19.9 Å². The quantitative estimate of drug-likeness (QED) is 0.738. The van der Waals surface area contributed by atoms with Crippen LogP contribution in [0, 0.1) is 6.92 Å². The van der Waals surface area contributed by atoms with Gasteiger partial charge in [-0.1, -0.05) is 19.3 Å². The number of carbonyl (C=O) groups excluding carboxylic acids is 1. The van der Waals surface area contributed by atoms with Crippen LogP contribution >= 0.6 is 0 Å². The normalized spacial score (nSPS) is 15.1. The van der Waals surface area contributed by atoms with Crippen LogP contribution in [0.3, 0.4) is 0 Å². The summed E-state index contributed by atoms with van der Waals surface area (Å²) in [6.45, 7) is 2.63. The Kier molecular flexibility index (Phi) is 5.19. The van der Waals surface area contributed by atoms with E-state index in [1.807, 2.05) is 25.3 Å². The Morgan fingerprint density at radius 3 is 2.74 bits per heavy atom. The molecule has 0 bridgehead atoms. The summed E-state index contributed by atoms with van der Waals surface area (Å²) in [5, 5.41) is 4.30. The average Bonchev–Trinajstić information content (AvgIpc) is 3.06. The average molecular weight is 362 g/mol. The topological polar surface area (TPSA) is 59.8 Å². The highest BCUT2D eigenvalue weighted by Crippen LogP contribution is 2.29. The zero-order valence-electron chi connectivity index (χ0n) is 15.8. The van der Waals surface area contributed by atoms with Crippen molar-refractivity contribution in [3.05, 3.63) is 48.4 Å². The van der Waals surface area contributed by atoms with Crippen LogP contribution in [-0.4, -0.2) is 26.5 Å². The lowest BCUT2D eigenvalue weighted by molar-refractivity contribution is -0.122. The number of nitrogens with zero attached hydrogens (tertiary/aromatic N) is 3. The van der Waals surface area contributed by atoms with E-state index in [2.05, 4.69) is 38.1 Å². The molecule has 0 aliphatic heterocycles. The molecule has 1 saturated carbocycles. The molecule has 5 nitrogen and oxygen atoms in total. The molecule has 5 heteroatoms. The lowest BCUT2D eigenvalue weighted by Gasteiger charge is -2.23. The van der Waals surface area contributed by atoms with E-state index in [1.165, 1.54) is 19.3 Å². The van der Waals surface area contributed by atoms with Crippen molar-refractivity contribution in [2.45, 2.75) is 58.0 Å². The number of aromatic nitrogens is 3. The molecular formula is C22H26N4O. The largest absolute Gasteiger partial charge is 0.353 e. The van der Waals surface area contributed by atoms with Gasteiger partial charge in [0.15, 0.2) is 0 Å². The molecule has 0 spiro atoms. The minimum Gasteiger partial charge on any atom is -0.353 e. The standard InChI is InChI=1S/C22H26N4O/c1-16-19(10-6-12-23-16)20-15-17-7-5-13-24-22(17)26(20)14-11-21(27)25-18-8-3-2-4-9-18/h5-7,10,12-13,15,18H,2-4,8-9,11,14H2,1H3,(H,25,27). The lowest BCUT2D eigenvalue weighted by atomic mass is 9.95. The van der Waals surface area contributed by atoms with Crippen molar-refractivity contribution in [3.63, 3.8) is 0 Å². The van der Waals surface area contributed by atoms with E-state index in [0.29, 0.717) is 19.0 Å². The van der Waals surface area contributed by atoms with Crippen LogP contribution in [0.15, 0.2) is 42.7 Å². The SMILES string of the molecule is Cc1ncccc1-c1cc2cccnc2n1CCC(=O)NC1CCCCC1. The van der Waals surface area contributed by atoms with Crippen molar-refractivity contribution in [3.8, 4) is 11.3 Å². The third kappa shape index (κ3) is 3.87. The number of hydrogen-bond acceptors (Lipinski definition) is 3. The van der Waals surface area contributed by atoms with Gasteiger partial charge in [0, 0.05) is 48.0 Å². The fourth-order valence-corrected chi connectivity index (χ4v) is 4.05. The van der Waals surface area contributed by atoms with Crippen molar-refractivity contribution in [1.29, 1.82) is 0 Å². The number of aryl methyl sites for hydroxylation is 2. The van der Waals surface area contributed by atoms with E-state index in [9.17, 15) is 4.79 Å². The summed E-state index contributed by atoms with van der Waals surface area (Å²) >= 11 is 0. The lowest BCUT2D eigenvalue weighted by Crippen LogP contribution is -2.36. The van der Waals surface area contributed by atoms with Crippen LogP contribution in [0.4, 0.5) is 0 Å². The molecule has 0 unspecified atom stereocenters. The molecule has 1 fully saturated rings. The van der Waals surface area contributed by atoms with Crippen molar-refractivity contribution in [2.75, 3.05) is 0 Å². The summed E-state index contributed by atoms with van der Waals surface area (Å²) in [6.07, 6.45) is 10.0. The summed E-state index contributed by atoms with van der Waals surface area (Å²) in [5.74, 6) is 0.133. The molecule has 0 atom stereocenters. The van der Waals surface area contributed by atoms with Gasteiger partial charge in [0.1, 0.15) is 5.65 Å². The Morgan fingerprint density at radius 1 is 1.15 bits per heavy atom. The Balaban J connectivity index is 1.58. The van der Waals surface area contributed by atoms with Gasteiger partial charge in [-0.05, 0) is 50.1 Å². The molecule has 1 aliphatic rings. The number of fused-ring (bicyclic) bond motifs is 1. The highest BCUT2D eigenvalue weighted by atomic mass is 16.1. The monoisotopic (exact) mass is 362 g/mol. The predicted octanol–water partition coefficient (Wildman–Crippen LogP) is 4.25. The molecule has 1 N–H and O–H groups in total. The molecule has 3 aromatic heterocycles. The van der Waals surface area contributed by atoms with Gasteiger partial charge in [-0.3, -0.25) is 9.78 Å². The van der Waals surface area contributed by atoms with Gasteiger partial charge in [0.05, 0.1) is 5.69 Å². The van der Waals surface area contributed by atoms with Crippen molar-refractivity contribution in [2.24, 2.45) is 0 Å². The minimum atomic E-state index is 0.133. The maximum Gasteiger partial charge on any atom is 0.222 e. The van der Waals surface area contributed by atoms with E-state index < -0.39 is 0 Å². The zero-order valence-corrected chi connectivity index (χ0v) is 15.8. The van der Waals surface area contributed by atoms with Crippen LogP contribution in [0.1, 0.15) is 44.2 Å². The smallest absolute Gasteiger partial charge is 0.222 e. The first-order chi connectivity index (χ1) is 13.2. The van der Waals surface area contributed by atoms with Crippen LogP contribution in [0.25, 0.3) is 22.3 Å². The highest BCUT2D eigenvalue weighted by Gasteiger charge is 2.17. The maximum absolute atomic E-state index is 12.5. The number of rotatable bonds is 5. The molecule has 1 amide bonds. The van der Waals surface area contributed by atoms with E-state index in [-0.39, 0.29) is 5.91 Å². The van der Waals surface area contributed by atoms with Crippen LogP contribution in [0.5, 0.6) is 0 Å². The van der Waals surface area contributed by atoms with E-state index >= 15 is 0 Å². The first-order valence-electron chi connectivity index (χ1n) is 9.88. The molecule has 4 rings (SSSR count). The van der Waals surface area contributed by atoms with Crippen LogP contribution in [0.2, 0.25) is 0 Å². The highest BCUT2D eigenvalue weighted by molar-refractivity contribution is 5.85. The first-order valence-corrected chi connectivity index (χ1v) is 9.88. The Labute approximate surface area is 159 Å². The third-order valence-corrected chi connectivity index (χ3v) is 5.47. The fourth-order valence-electron chi connectivity index (χ4n) is 4.05. The second kappa shape index (κ2) is 7.91. The summed E-state index contributed by atoms with van der Waals surface area (Å²) in [5.41, 5.74) is 4.05. The van der Waals surface area contributed by atoms with Gasteiger partial charge in [-0.2, -0.15) is 0 Å². The van der Waals surface area contributed by atoms with E-state index in [4.69, 9.17) is 0 Å². The van der Waals surface area contributed by atoms with Crippen molar-refractivity contribution < 1.29 is 4.79 Å². The summed E-state index contributed by atoms with van der Waals surface area (Å²) in [4.78, 5) is 21.5. The van der Waals surface area contributed by atoms with Crippen LogP contribution in [-0.2, 0) is 11.3 Å². The molecular weight excluding hydrogens is 336 g/mol. The van der Waals surface area contributed by atoms with Crippen LogP contribution < -0.4 is 5.32 Å². The number of hydrogen-bond donors (Lipinski definition) is 1. The number of nitrogens with one attached hydrogen (secondary N) is 1. The molecule has 3 aromatic rings. The first kappa shape index (κ1) is 17.7. The molecule has 140 valence electrons. The van der Waals surface area contributed by atoms with Gasteiger partial charge >= 0.3 is 0 Å². The number of amides is 1. The predicted molar refractivity (Wildman–Crippen MR) is 107 cm³/mol. The van der Waals surface area contributed by atoms with Gasteiger partial charge in [-0.25, -0.2) is 4.98 Å². The Morgan fingerprint density at radius 2 is 1.93 bits per heavy atom. The third-order valence-electron chi connectivity index (χ3n) is 5.47. The molecule has 3 heterocycles. The number of carbonyl (C=O) groups is 1. The Bertz CT molecular complexity index is 940. The minimum absolute atomic E-state index is 0.133. The van der Waals surface area contributed by atoms with Gasteiger partial charge in [0.25, 0.3) is 0 Å². The fraction of sp³-hybridized carbons (Fsp3) is 0.409. The zero-order chi connectivity index (χ0) is 18.6.